The van der Waals surface area contributed by atoms with Crippen molar-refractivity contribution < 1.29 is 4.79 Å². The number of amides is 1. The number of benzene rings is 2. The maximum absolute atomic E-state index is 12.8. The molecule has 0 bridgehead atoms. The standard InChI is InChI=1S/C18H18ClNOS/c1-3-16-17(21)20(13-8-6-7-12(2)11-13)18(22-16)14-9-4-5-10-15(14)19/h4-11,16,18H,3H2,1-2H3. The first-order valence-electron chi connectivity index (χ1n) is 7.41. The third-order valence-corrected chi connectivity index (χ3v) is 5.79. The summed E-state index contributed by atoms with van der Waals surface area (Å²) in [4.78, 5) is 14.7. The molecule has 2 aromatic carbocycles. The molecule has 22 heavy (non-hydrogen) atoms. The van der Waals surface area contributed by atoms with Crippen LogP contribution in [0.25, 0.3) is 0 Å². The maximum atomic E-state index is 12.8. The molecule has 0 N–H and O–H groups in total. The monoisotopic (exact) mass is 331 g/mol. The lowest BCUT2D eigenvalue weighted by Crippen LogP contribution is -2.30. The molecule has 114 valence electrons. The first-order valence-corrected chi connectivity index (χ1v) is 8.73. The van der Waals surface area contributed by atoms with Gasteiger partial charge in [-0.2, -0.15) is 0 Å². The van der Waals surface area contributed by atoms with Crippen molar-refractivity contribution in [1.82, 2.24) is 0 Å². The molecule has 1 amide bonds. The van der Waals surface area contributed by atoms with Gasteiger partial charge in [0, 0.05) is 16.3 Å². The average molecular weight is 332 g/mol. The Morgan fingerprint density at radius 1 is 1.18 bits per heavy atom. The summed E-state index contributed by atoms with van der Waals surface area (Å²) in [5, 5.41) is 0.636. The van der Waals surface area contributed by atoms with E-state index in [0.29, 0.717) is 5.02 Å². The summed E-state index contributed by atoms with van der Waals surface area (Å²) in [6, 6.07) is 15.9. The van der Waals surface area contributed by atoms with Gasteiger partial charge in [-0.25, -0.2) is 0 Å². The second-order valence-corrected chi connectivity index (χ2v) is 7.15. The molecule has 1 fully saturated rings. The Morgan fingerprint density at radius 2 is 1.95 bits per heavy atom. The third-order valence-electron chi connectivity index (χ3n) is 3.86. The average Bonchev–Trinajstić information content (AvgIpc) is 2.84. The molecule has 4 heteroatoms. The highest BCUT2D eigenvalue weighted by molar-refractivity contribution is 8.01. The molecule has 2 atom stereocenters. The van der Waals surface area contributed by atoms with Crippen LogP contribution in [0.3, 0.4) is 0 Å². The van der Waals surface area contributed by atoms with Crippen LogP contribution in [0.1, 0.15) is 29.8 Å². The maximum Gasteiger partial charge on any atom is 0.241 e. The summed E-state index contributed by atoms with van der Waals surface area (Å²) in [6.45, 7) is 4.10. The Labute approximate surface area is 140 Å². The molecule has 1 saturated heterocycles. The minimum Gasteiger partial charge on any atom is -0.295 e. The number of aryl methyl sites for hydroxylation is 1. The van der Waals surface area contributed by atoms with E-state index in [-0.39, 0.29) is 16.5 Å². The minimum absolute atomic E-state index is 0.0122. The number of nitrogens with zero attached hydrogens (tertiary/aromatic N) is 1. The Hall–Kier alpha value is -1.45. The van der Waals surface area contributed by atoms with Gasteiger partial charge in [-0.3, -0.25) is 9.69 Å². The quantitative estimate of drug-likeness (QED) is 0.769. The third kappa shape index (κ3) is 2.75. The fraction of sp³-hybridized carbons (Fsp3) is 0.278. The minimum atomic E-state index is -0.0621. The van der Waals surface area contributed by atoms with E-state index in [9.17, 15) is 4.79 Å². The van der Waals surface area contributed by atoms with Crippen LogP contribution in [0.4, 0.5) is 5.69 Å². The van der Waals surface area contributed by atoms with Gasteiger partial charge in [0.05, 0.1) is 5.25 Å². The zero-order valence-electron chi connectivity index (χ0n) is 12.6. The van der Waals surface area contributed by atoms with E-state index in [1.54, 1.807) is 11.8 Å². The van der Waals surface area contributed by atoms with Crippen LogP contribution in [0.2, 0.25) is 5.02 Å². The molecule has 0 saturated carbocycles. The first kappa shape index (κ1) is 15.4. The normalized spacial score (nSPS) is 21.4. The van der Waals surface area contributed by atoms with Crippen molar-refractivity contribution in [2.75, 3.05) is 4.90 Å². The smallest absolute Gasteiger partial charge is 0.241 e. The Bertz CT molecular complexity index is 703. The lowest BCUT2D eigenvalue weighted by atomic mass is 10.1. The second kappa shape index (κ2) is 6.35. The van der Waals surface area contributed by atoms with Crippen LogP contribution in [-0.2, 0) is 4.79 Å². The summed E-state index contributed by atoms with van der Waals surface area (Å²) in [7, 11) is 0. The zero-order chi connectivity index (χ0) is 15.7. The molecule has 1 aliphatic rings. The predicted octanol–water partition coefficient (Wildman–Crippen LogP) is 5.21. The number of thioether (sulfide) groups is 1. The predicted molar refractivity (Wildman–Crippen MR) is 94.5 cm³/mol. The second-order valence-electron chi connectivity index (χ2n) is 5.45. The van der Waals surface area contributed by atoms with E-state index in [1.807, 2.05) is 54.3 Å². The summed E-state index contributed by atoms with van der Waals surface area (Å²) in [5.74, 6) is 0.169. The summed E-state index contributed by atoms with van der Waals surface area (Å²) < 4.78 is 0. The highest BCUT2D eigenvalue weighted by atomic mass is 35.5. The van der Waals surface area contributed by atoms with Gasteiger partial charge in [-0.15, -0.1) is 11.8 Å². The van der Waals surface area contributed by atoms with Gasteiger partial charge < -0.3 is 0 Å². The van der Waals surface area contributed by atoms with Gasteiger partial charge in [0.1, 0.15) is 5.37 Å². The van der Waals surface area contributed by atoms with Crippen LogP contribution in [0.15, 0.2) is 48.5 Å². The number of hydrogen-bond donors (Lipinski definition) is 0. The topological polar surface area (TPSA) is 20.3 Å². The molecule has 1 heterocycles. The van der Waals surface area contributed by atoms with E-state index in [0.717, 1.165) is 23.2 Å². The molecular formula is C18H18ClNOS. The molecule has 0 radical (unpaired) electrons. The van der Waals surface area contributed by atoms with Crippen LogP contribution in [0.5, 0.6) is 0 Å². The van der Waals surface area contributed by atoms with Crippen LogP contribution < -0.4 is 4.90 Å². The first-order chi connectivity index (χ1) is 10.6. The van der Waals surface area contributed by atoms with Crippen molar-refractivity contribution in [2.45, 2.75) is 30.9 Å². The van der Waals surface area contributed by atoms with Crippen LogP contribution >= 0.6 is 23.4 Å². The fourth-order valence-electron chi connectivity index (χ4n) is 2.74. The van der Waals surface area contributed by atoms with E-state index in [1.165, 1.54) is 0 Å². The van der Waals surface area contributed by atoms with E-state index < -0.39 is 0 Å². The van der Waals surface area contributed by atoms with Gasteiger partial charge in [0.15, 0.2) is 0 Å². The number of carbonyl (C=O) groups excluding carboxylic acids is 1. The van der Waals surface area contributed by atoms with Crippen LogP contribution in [0, 0.1) is 6.92 Å². The van der Waals surface area contributed by atoms with Gasteiger partial charge >= 0.3 is 0 Å². The van der Waals surface area contributed by atoms with Gasteiger partial charge in [0.2, 0.25) is 5.91 Å². The van der Waals surface area contributed by atoms with E-state index in [4.69, 9.17) is 11.6 Å². The van der Waals surface area contributed by atoms with E-state index in [2.05, 4.69) is 13.0 Å². The molecular weight excluding hydrogens is 314 g/mol. The number of anilines is 1. The molecule has 2 aromatic rings. The molecule has 1 aliphatic heterocycles. The molecule has 0 aliphatic carbocycles. The number of rotatable bonds is 3. The van der Waals surface area contributed by atoms with Gasteiger partial charge in [-0.1, -0.05) is 48.9 Å². The summed E-state index contributed by atoms with van der Waals surface area (Å²) in [6.07, 6.45) is 0.826. The molecule has 3 rings (SSSR count). The van der Waals surface area contributed by atoms with Crippen molar-refractivity contribution in [3.8, 4) is 0 Å². The SMILES string of the molecule is CCC1SC(c2ccccc2Cl)N(c2cccc(C)c2)C1=O. The number of carbonyl (C=O) groups is 1. The van der Waals surface area contributed by atoms with Crippen molar-refractivity contribution in [3.63, 3.8) is 0 Å². The Balaban J connectivity index is 2.07. The van der Waals surface area contributed by atoms with Gasteiger partial charge in [-0.05, 0) is 37.1 Å². The summed E-state index contributed by atoms with van der Waals surface area (Å²) in [5.41, 5.74) is 3.09. The van der Waals surface area contributed by atoms with Crippen molar-refractivity contribution in [3.05, 3.63) is 64.7 Å². The molecule has 0 aromatic heterocycles. The highest BCUT2D eigenvalue weighted by Crippen LogP contribution is 2.48. The highest BCUT2D eigenvalue weighted by Gasteiger charge is 2.41. The largest absolute Gasteiger partial charge is 0.295 e. The van der Waals surface area contributed by atoms with Crippen molar-refractivity contribution >= 4 is 35.0 Å². The molecule has 2 nitrogen and oxygen atoms in total. The van der Waals surface area contributed by atoms with Crippen LogP contribution in [-0.4, -0.2) is 11.2 Å². The van der Waals surface area contributed by atoms with E-state index >= 15 is 0 Å². The Kier molecular flexibility index (Phi) is 4.46. The summed E-state index contributed by atoms with van der Waals surface area (Å²) >= 11 is 8.06. The lowest BCUT2D eigenvalue weighted by molar-refractivity contribution is -0.117. The fourth-order valence-corrected chi connectivity index (χ4v) is 4.48. The van der Waals surface area contributed by atoms with Crippen molar-refractivity contribution in [2.24, 2.45) is 0 Å². The number of hydrogen-bond acceptors (Lipinski definition) is 2. The lowest BCUT2D eigenvalue weighted by Gasteiger charge is -2.25. The molecule has 0 spiro atoms. The van der Waals surface area contributed by atoms with Gasteiger partial charge in [0.25, 0.3) is 0 Å². The zero-order valence-corrected chi connectivity index (χ0v) is 14.2. The molecule has 2 unspecified atom stereocenters. The number of halogens is 1. The Morgan fingerprint density at radius 3 is 2.64 bits per heavy atom. The van der Waals surface area contributed by atoms with Crippen molar-refractivity contribution in [1.29, 1.82) is 0 Å².